The predicted molar refractivity (Wildman–Crippen MR) is 115 cm³/mol. The first-order valence-corrected chi connectivity index (χ1v) is 10.7. The summed E-state index contributed by atoms with van der Waals surface area (Å²) < 4.78 is 6.79. The lowest BCUT2D eigenvalue weighted by molar-refractivity contribution is 0.100. The molecule has 0 unspecified atom stereocenters. The van der Waals surface area contributed by atoms with Gasteiger partial charge in [-0.1, -0.05) is 24.6 Å². The molecule has 1 aromatic carbocycles. The standard InChI is InChI=1S/C20H18N4O3S2/c1-3-14-8-15-19(29-14)21-11-24(20(15)26)23-18(25)16-10-28-17(22-16)9-27-13-6-4-12(2)5-7-13/h4-8,10-11H,3,9H2,1-2H3,(H,23,25). The zero-order valence-electron chi connectivity index (χ0n) is 15.8. The molecule has 29 heavy (non-hydrogen) atoms. The van der Waals surface area contributed by atoms with Crippen LogP contribution in [0.5, 0.6) is 5.75 Å². The molecule has 0 spiro atoms. The molecule has 0 radical (unpaired) electrons. The number of rotatable bonds is 6. The Bertz CT molecular complexity index is 1220. The number of hydrogen-bond acceptors (Lipinski definition) is 7. The molecule has 0 saturated heterocycles. The Balaban J connectivity index is 1.45. The Labute approximate surface area is 174 Å². The molecule has 4 aromatic rings. The van der Waals surface area contributed by atoms with E-state index in [9.17, 15) is 9.59 Å². The number of fused-ring (bicyclic) bond motifs is 1. The van der Waals surface area contributed by atoms with Gasteiger partial charge in [0.2, 0.25) is 0 Å². The molecule has 3 aromatic heterocycles. The minimum Gasteiger partial charge on any atom is -0.486 e. The van der Waals surface area contributed by atoms with E-state index >= 15 is 0 Å². The number of benzene rings is 1. The highest BCUT2D eigenvalue weighted by Crippen LogP contribution is 2.21. The minimum absolute atomic E-state index is 0.226. The van der Waals surface area contributed by atoms with Crippen LogP contribution < -0.4 is 15.7 Å². The monoisotopic (exact) mass is 426 g/mol. The summed E-state index contributed by atoms with van der Waals surface area (Å²) in [6.07, 6.45) is 2.16. The van der Waals surface area contributed by atoms with Gasteiger partial charge in [0.25, 0.3) is 11.5 Å². The molecule has 3 heterocycles. The van der Waals surface area contributed by atoms with Gasteiger partial charge in [0, 0.05) is 10.3 Å². The van der Waals surface area contributed by atoms with Crippen molar-refractivity contribution in [3.05, 3.63) is 73.5 Å². The fourth-order valence-corrected chi connectivity index (χ4v) is 4.27. The number of carbonyl (C=O) groups is 1. The molecule has 7 nitrogen and oxygen atoms in total. The number of carbonyl (C=O) groups excluding carboxylic acids is 1. The maximum Gasteiger partial charge on any atom is 0.289 e. The van der Waals surface area contributed by atoms with Crippen LogP contribution in [0, 0.1) is 6.92 Å². The Hall–Kier alpha value is -3.04. The summed E-state index contributed by atoms with van der Waals surface area (Å²) >= 11 is 2.81. The number of ether oxygens (including phenoxy) is 1. The van der Waals surface area contributed by atoms with Crippen molar-refractivity contribution in [2.24, 2.45) is 0 Å². The highest BCUT2D eigenvalue weighted by molar-refractivity contribution is 7.18. The molecule has 0 bridgehead atoms. The van der Waals surface area contributed by atoms with Crippen LogP contribution in [0.4, 0.5) is 0 Å². The Morgan fingerprint density at radius 3 is 2.83 bits per heavy atom. The molecule has 1 amide bonds. The third-order valence-electron chi connectivity index (χ3n) is 4.24. The van der Waals surface area contributed by atoms with Crippen molar-refractivity contribution in [2.75, 3.05) is 5.43 Å². The second-order valence-corrected chi connectivity index (χ2v) is 8.43. The summed E-state index contributed by atoms with van der Waals surface area (Å²) in [5, 5.41) is 2.81. The number of amides is 1. The lowest BCUT2D eigenvalue weighted by Crippen LogP contribution is -2.33. The molecular weight excluding hydrogens is 408 g/mol. The third kappa shape index (κ3) is 4.20. The second kappa shape index (κ2) is 8.14. The summed E-state index contributed by atoms with van der Waals surface area (Å²) in [5.74, 6) is 0.266. The van der Waals surface area contributed by atoms with Gasteiger partial charge in [-0.05, 0) is 31.5 Å². The van der Waals surface area contributed by atoms with Crippen molar-refractivity contribution < 1.29 is 9.53 Å². The molecule has 0 saturated carbocycles. The van der Waals surface area contributed by atoms with E-state index in [2.05, 4.69) is 15.4 Å². The summed E-state index contributed by atoms with van der Waals surface area (Å²) in [7, 11) is 0. The van der Waals surface area contributed by atoms with Gasteiger partial charge in [0.15, 0.2) is 0 Å². The first-order valence-electron chi connectivity index (χ1n) is 8.99. The van der Waals surface area contributed by atoms with E-state index in [4.69, 9.17) is 4.74 Å². The first kappa shape index (κ1) is 19.3. The topological polar surface area (TPSA) is 86.1 Å². The molecule has 9 heteroatoms. The summed E-state index contributed by atoms with van der Waals surface area (Å²) in [6, 6.07) is 9.54. The molecule has 4 rings (SSSR count). The van der Waals surface area contributed by atoms with Crippen LogP contribution >= 0.6 is 22.7 Å². The van der Waals surface area contributed by atoms with E-state index in [-0.39, 0.29) is 17.9 Å². The SMILES string of the molecule is CCc1cc2c(=O)n(NC(=O)c3csc(COc4ccc(C)cc4)n3)cnc2s1. The third-order valence-corrected chi connectivity index (χ3v) is 6.25. The predicted octanol–water partition coefficient (Wildman–Crippen LogP) is 3.75. The molecule has 0 aliphatic carbocycles. The molecule has 0 aliphatic heterocycles. The van der Waals surface area contributed by atoms with E-state index in [1.54, 1.807) is 5.38 Å². The minimum atomic E-state index is -0.475. The molecule has 148 valence electrons. The summed E-state index contributed by atoms with van der Waals surface area (Å²) in [6.45, 7) is 4.30. The lowest BCUT2D eigenvalue weighted by Gasteiger charge is -2.06. The van der Waals surface area contributed by atoms with E-state index in [0.717, 1.165) is 27.3 Å². The van der Waals surface area contributed by atoms with Gasteiger partial charge < -0.3 is 4.74 Å². The lowest BCUT2D eigenvalue weighted by atomic mass is 10.2. The smallest absolute Gasteiger partial charge is 0.289 e. The molecular formula is C20H18N4O3S2. The van der Waals surface area contributed by atoms with Crippen LogP contribution in [-0.4, -0.2) is 20.6 Å². The van der Waals surface area contributed by atoms with Gasteiger partial charge >= 0.3 is 0 Å². The normalized spacial score (nSPS) is 11.0. The Morgan fingerprint density at radius 1 is 1.28 bits per heavy atom. The molecule has 0 fully saturated rings. The van der Waals surface area contributed by atoms with E-state index in [1.807, 2.05) is 44.2 Å². The summed E-state index contributed by atoms with van der Waals surface area (Å²) in [5.41, 5.74) is 3.62. The van der Waals surface area contributed by atoms with Crippen molar-refractivity contribution in [1.82, 2.24) is 14.6 Å². The summed E-state index contributed by atoms with van der Waals surface area (Å²) in [4.78, 5) is 35.4. The van der Waals surface area contributed by atoms with Crippen molar-refractivity contribution in [3.63, 3.8) is 0 Å². The van der Waals surface area contributed by atoms with Gasteiger partial charge in [-0.3, -0.25) is 15.0 Å². The Kier molecular flexibility index (Phi) is 5.41. The highest BCUT2D eigenvalue weighted by Gasteiger charge is 2.14. The van der Waals surface area contributed by atoms with Gasteiger partial charge in [-0.25, -0.2) is 14.6 Å². The maximum atomic E-state index is 12.6. The first-order chi connectivity index (χ1) is 14.0. The van der Waals surface area contributed by atoms with E-state index < -0.39 is 5.91 Å². The number of aryl methyl sites for hydroxylation is 2. The molecule has 1 N–H and O–H groups in total. The van der Waals surface area contributed by atoms with Gasteiger partial charge in [0.1, 0.15) is 34.2 Å². The Morgan fingerprint density at radius 2 is 2.07 bits per heavy atom. The van der Waals surface area contributed by atoms with Crippen LogP contribution in [0.2, 0.25) is 0 Å². The fourth-order valence-electron chi connectivity index (χ4n) is 2.65. The van der Waals surface area contributed by atoms with Crippen molar-refractivity contribution in [3.8, 4) is 5.75 Å². The van der Waals surface area contributed by atoms with E-state index in [1.165, 1.54) is 29.0 Å². The van der Waals surface area contributed by atoms with Gasteiger partial charge in [0.05, 0.1) is 5.39 Å². The largest absolute Gasteiger partial charge is 0.486 e. The van der Waals surface area contributed by atoms with Crippen LogP contribution in [0.25, 0.3) is 10.2 Å². The highest BCUT2D eigenvalue weighted by atomic mass is 32.1. The van der Waals surface area contributed by atoms with Crippen molar-refractivity contribution in [1.29, 1.82) is 0 Å². The number of thiophene rings is 1. The van der Waals surface area contributed by atoms with E-state index in [0.29, 0.717) is 15.2 Å². The number of nitrogens with zero attached hydrogens (tertiary/aromatic N) is 3. The van der Waals surface area contributed by atoms with Crippen LogP contribution in [0.1, 0.15) is 32.9 Å². The fraction of sp³-hybridized carbons (Fsp3) is 0.200. The maximum absolute atomic E-state index is 12.6. The van der Waals surface area contributed by atoms with Crippen molar-refractivity contribution in [2.45, 2.75) is 26.9 Å². The van der Waals surface area contributed by atoms with Crippen molar-refractivity contribution >= 4 is 38.8 Å². The average Bonchev–Trinajstić information content (AvgIpc) is 3.37. The zero-order chi connectivity index (χ0) is 20.4. The second-order valence-electron chi connectivity index (χ2n) is 6.37. The number of nitrogens with one attached hydrogen (secondary N) is 1. The number of thiazole rings is 1. The number of aromatic nitrogens is 3. The van der Waals surface area contributed by atoms with Gasteiger partial charge in [-0.2, -0.15) is 0 Å². The zero-order valence-corrected chi connectivity index (χ0v) is 17.5. The quantitative estimate of drug-likeness (QED) is 0.507. The molecule has 0 aliphatic rings. The molecule has 0 atom stereocenters. The van der Waals surface area contributed by atoms with Crippen LogP contribution in [0.3, 0.4) is 0 Å². The average molecular weight is 427 g/mol. The van der Waals surface area contributed by atoms with Crippen LogP contribution in [0.15, 0.2) is 46.8 Å². The number of hydrogen-bond donors (Lipinski definition) is 1. The van der Waals surface area contributed by atoms with Crippen LogP contribution in [-0.2, 0) is 13.0 Å². The van der Waals surface area contributed by atoms with Gasteiger partial charge in [-0.15, -0.1) is 22.7 Å².